The van der Waals surface area contributed by atoms with Crippen molar-refractivity contribution in [2.75, 3.05) is 0 Å². The van der Waals surface area contributed by atoms with Crippen molar-refractivity contribution in [2.45, 2.75) is 130 Å². The summed E-state index contributed by atoms with van der Waals surface area (Å²) >= 11 is 0. The highest BCUT2D eigenvalue weighted by Gasteiger charge is 2.59. The van der Waals surface area contributed by atoms with Crippen LogP contribution in [0.25, 0.3) is 0 Å². The second-order valence-electron chi connectivity index (χ2n) is 16.6. The van der Waals surface area contributed by atoms with Crippen molar-refractivity contribution in [3.8, 4) is 5.75 Å². The zero-order valence-electron chi connectivity index (χ0n) is 27.4. The smallest absolute Gasteiger partial charge is 0.242 e. The Labute approximate surface area is 243 Å². The number of aryl methyl sites for hydroxylation is 1. The van der Waals surface area contributed by atoms with Crippen LogP contribution in [0.2, 0.25) is 78.6 Å². The Bertz CT molecular complexity index is 1110. The Balaban J connectivity index is 1.89. The molecule has 1 aromatic rings. The quantitative estimate of drug-likeness (QED) is 0.277. The van der Waals surface area contributed by atoms with Crippen molar-refractivity contribution in [2.24, 2.45) is 17.3 Å². The van der Waals surface area contributed by atoms with Gasteiger partial charge in [0.15, 0.2) is 16.6 Å². The number of hydrogen-bond acceptors (Lipinski definition) is 4. The van der Waals surface area contributed by atoms with Crippen LogP contribution < -0.4 is 4.43 Å². The average molecular weight is 605 g/mol. The summed E-state index contributed by atoms with van der Waals surface area (Å²) in [5, 5.41) is 0. The lowest BCUT2D eigenvalue weighted by atomic mass is 9.53. The minimum absolute atomic E-state index is 0.0479. The number of fused-ring (bicyclic) bond motifs is 5. The summed E-state index contributed by atoms with van der Waals surface area (Å²) < 4.78 is 27.8. The standard InChI is InChI=1S/C31H56O4Si4/c1-21-19-22(32-36(3,4)5)20-24-27(21)23-17-18-31(2)25(15-16-26(31)33-37(6,7)8)28(23)30(35-39(12,13)14)29(24)34-38(9,10)11/h16,19-20,23,25,28-30H,15,17-18H2,1-14H3/t23?,25?,28?,29-,30+,31+/m1/s1. The molecule has 4 rings (SSSR count). The van der Waals surface area contributed by atoms with E-state index in [2.05, 4.69) is 111 Å². The molecule has 6 atom stereocenters. The van der Waals surface area contributed by atoms with E-state index < -0.39 is 33.3 Å². The van der Waals surface area contributed by atoms with E-state index in [0.29, 0.717) is 17.8 Å². The third-order valence-electron chi connectivity index (χ3n) is 8.40. The molecule has 4 nitrogen and oxygen atoms in total. The lowest BCUT2D eigenvalue weighted by molar-refractivity contribution is -0.0752. The molecule has 0 aliphatic heterocycles. The average Bonchev–Trinajstić information content (AvgIpc) is 3.01. The Morgan fingerprint density at radius 3 is 1.90 bits per heavy atom. The molecule has 3 unspecified atom stereocenters. The second-order valence-corrected chi connectivity index (χ2v) is 34.3. The van der Waals surface area contributed by atoms with Crippen molar-refractivity contribution in [1.29, 1.82) is 0 Å². The number of benzene rings is 1. The van der Waals surface area contributed by atoms with Crippen LogP contribution in [0.5, 0.6) is 5.75 Å². The van der Waals surface area contributed by atoms with Gasteiger partial charge in [-0.25, -0.2) is 0 Å². The van der Waals surface area contributed by atoms with Gasteiger partial charge >= 0.3 is 0 Å². The molecule has 0 amide bonds. The van der Waals surface area contributed by atoms with Crippen LogP contribution in [0.1, 0.15) is 54.9 Å². The SMILES string of the molecule is Cc1cc(O[Si](C)(C)C)cc2c1C1CC[C@]3(C)C(O[Si](C)(C)C)=CCC3C1[C@H](O[Si](C)(C)C)[C@@H]2O[Si](C)(C)C. The van der Waals surface area contributed by atoms with Gasteiger partial charge < -0.3 is 17.7 Å². The van der Waals surface area contributed by atoms with Gasteiger partial charge in [-0.05, 0) is 157 Å². The molecule has 0 saturated heterocycles. The van der Waals surface area contributed by atoms with E-state index in [0.717, 1.165) is 18.6 Å². The largest absolute Gasteiger partial charge is 0.547 e. The molecular formula is C31H56O4Si4. The van der Waals surface area contributed by atoms with E-state index in [4.69, 9.17) is 17.7 Å². The van der Waals surface area contributed by atoms with Crippen molar-refractivity contribution in [1.82, 2.24) is 0 Å². The molecule has 3 aliphatic rings. The maximum atomic E-state index is 7.28. The summed E-state index contributed by atoms with van der Waals surface area (Å²) in [6, 6.07) is 4.64. The highest BCUT2D eigenvalue weighted by Crippen LogP contribution is 2.64. The van der Waals surface area contributed by atoms with Gasteiger partial charge in [0, 0.05) is 5.41 Å². The summed E-state index contributed by atoms with van der Waals surface area (Å²) in [5.74, 6) is 3.66. The van der Waals surface area contributed by atoms with Crippen LogP contribution in [0.15, 0.2) is 24.0 Å². The van der Waals surface area contributed by atoms with Crippen LogP contribution in [0.4, 0.5) is 0 Å². The molecule has 0 bridgehead atoms. The molecule has 0 radical (unpaired) electrons. The van der Waals surface area contributed by atoms with E-state index in [-0.39, 0.29) is 17.6 Å². The van der Waals surface area contributed by atoms with Gasteiger partial charge in [-0.1, -0.05) is 6.92 Å². The summed E-state index contributed by atoms with van der Waals surface area (Å²) in [7, 11) is -7.23. The maximum Gasteiger partial charge on any atom is 0.242 e. The van der Waals surface area contributed by atoms with Gasteiger partial charge in [0.2, 0.25) is 16.6 Å². The zero-order chi connectivity index (χ0) is 29.3. The minimum Gasteiger partial charge on any atom is -0.547 e. The van der Waals surface area contributed by atoms with E-state index >= 15 is 0 Å². The summed E-state index contributed by atoms with van der Waals surface area (Å²) in [6.07, 6.45) is 5.84. The topological polar surface area (TPSA) is 36.9 Å². The van der Waals surface area contributed by atoms with Crippen molar-refractivity contribution >= 4 is 33.3 Å². The number of rotatable bonds is 8. The number of allylic oxidation sites excluding steroid dienone is 2. The molecule has 1 fully saturated rings. The fraction of sp³-hybridized carbons (Fsp3) is 0.742. The maximum absolute atomic E-state index is 7.28. The molecule has 0 aromatic heterocycles. The van der Waals surface area contributed by atoms with Gasteiger partial charge in [0.1, 0.15) is 5.75 Å². The monoisotopic (exact) mass is 604 g/mol. The molecule has 1 saturated carbocycles. The second kappa shape index (κ2) is 10.3. The molecule has 0 heterocycles. The van der Waals surface area contributed by atoms with Crippen LogP contribution in [0.3, 0.4) is 0 Å². The minimum atomic E-state index is -1.89. The lowest BCUT2D eigenvalue weighted by Crippen LogP contribution is -2.54. The van der Waals surface area contributed by atoms with Crippen LogP contribution in [-0.2, 0) is 13.3 Å². The molecule has 3 aliphatic carbocycles. The first kappa shape index (κ1) is 31.3. The Morgan fingerprint density at radius 1 is 0.769 bits per heavy atom. The van der Waals surface area contributed by atoms with Gasteiger partial charge in [-0.3, -0.25) is 0 Å². The normalized spacial score (nSPS) is 31.2. The molecule has 220 valence electrons. The van der Waals surface area contributed by atoms with E-state index in [1.807, 2.05) is 0 Å². The lowest BCUT2D eigenvalue weighted by Gasteiger charge is -2.56. The van der Waals surface area contributed by atoms with Crippen molar-refractivity contribution in [3.63, 3.8) is 0 Å². The van der Waals surface area contributed by atoms with E-state index in [9.17, 15) is 0 Å². The Kier molecular flexibility index (Phi) is 8.23. The van der Waals surface area contributed by atoms with E-state index in [1.54, 1.807) is 0 Å². The molecular weight excluding hydrogens is 549 g/mol. The highest BCUT2D eigenvalue weighted by molar-refractivity contribution is 6.71. The number of hydrogen-bond donors (Lipinski definition) is 0. The first-order valence-corrected chi connectivity index (χ1v) is 28.8. The molecule has 1 aromatic carbocycles. The first-order valence-electron chi connectivity index (χ1n) is 15.2. The van der Waals surface area contributed by atoms with Gasteiger partial charge in [0.05, 0.1) is 18.0 Å². The fourth-order valence-corrected chi connectivity index (χ4v) is 11.3. The molecule has 0 N–H and O–H groups in total. The van der Waals surface area contributed by atoms with E-state index in [1.165, 1.54) is 28.9 Å². The van der Waals surface area contributed by atoms with Gasteiger partial charge in [-0.2, -0.15) is 0 Å². The van der Waals surface area contributed by atoms with Gasteiger partial charge in [-0.15, -0.1) is 0 Å². The Hall–Kier alpha value is -0.652. The predicted octanol–water partition coefficient (Wildman–Crippen LogP) is 9.59. The van der Waals surface area contributed by atoms with Gasteiger partial charge in [0.25, 0.3) is 0 Å². The van der Waals surface area contributed by atoms with Crippen LogP contribution >= 0.6 is 0 Å². The van der Waals surface area contributed by atoms with Crippen molar-refractivity contribution < 1.29 is 17.7 Å². The zero-order valence-corrected chi connectivity index (χ0v) is 31.4. The molecule has 39 heavy (non-hydrogen) atoms. The highest BCUT2D eigenvalue weighted by atomic mass is 28.4. The predicted molar refractivity (Wildman–Crippen MR) is 175 cm³/mol. The Morgan fingerprint density at radius 2 is 1.36 bits per heavy atom. The first-order chi connectivity index (χ1) is 17.6. The third-order valence-corrected chi connectivity index (χ3v) is 12.0. The molecule has 0 spiro atoms. The fourth-order valence-electron chi connectivity index (χ4n) is 7.40. The summed E-state index contributed by atoms with van der Waals surface area (Å²) in [5.41, 5.74) is 4.28. The summed E-state index contributed by atoms with van der Waals surface area (Å²) in [4.78, 5) is 0. The molecule has 8 heteroatoms. The van der Waals surface area contributed by atoms with Crippen molar-refractivity contribution in [3.05, 3.63) is 40.7 Å². The van der Waals surface area contributed by atoms with Crippen LogP contribution in [0, 0.1) is 24.2 Å². The third kappa shape index (κ3) is 6.88. The summed E-state index contributed by atoms with van der Waals surface area (Å²) in [6.45, 7) is 32.5. The van der Waals surface area contributed by atoms with Crippen LogP contribution in [-0.4, -0.2) is 39.4 Å².